The van der Waals surface area contributed by atoms with Gasteiger partial charge in [0.2, 0.25) is 0 Å². The molecule has 0 saturated heterocycles. The molecule has 1 heterocycles. The van der Waals surface area contributed by atoms with Gasteiger partial charge in [0.05, 0.1) is 5.02 Å². The van der Waals surface area contributed by atoms with E-state index >= 15 is 0 Å². The van der Waals surface area contributed by atoms with Crippen molar-refractivity contribution in [3.8, 4) is 0 Å². The van der Waals surface area contributed by atoms with E-state index in [1.54, 1.807) is 18.5 Å². The molecule has 0 radical (unpaired) electrons. The highest BCUT2D eigenvalue weighted by atomic mass is 35.5. The van der Waals surface area contributed by atoms with Crippen LogP contribution in [-0.2, 0) is 0 Å². The highest BCUT2D eigenvalue weighted by Crippen LogP contribution is 2.32. The van der Waals surface area contributed by atoms with Crippen LogP contribution in [-0.4, -0.2) is 10.1 Å². The summed E-state index contributed by atoms with van der Waals surface area (Å²) in [5.41, 5.74) is 1.86. The summed E-state index contributed by atoms with van der Waals surface area (Å²) >= 11 is 5.99. The fourth-order valence-electron chi connectivity index (χ4n) is 1.92. The Balaban J connectivity index is 2.23. The van der Waals surface area contributed by atoms with Crippen molar-refractivity contribution in [3.05, 3.63) is 40.7 Å². The molecule has 15 heavy (non-hydrogen) atoms. The van der Waals surface area contributed by atoms with Gasteiger partial charge in [-0.15, -0.1) is 0 Å². The summed E-state index contributed by atoms with van der Waals surface area (Å²) in [5.74, 6) is 0. The van der Waals surface area contributed by atoms with Crippen LogP contribution >= 0.6 is 11.6 Å². The lowest BCUT2D eigenvalue weighted by molar-refractivity contribution is 0.208. The van der Waals surface area contributed by atoms with Crippen LogP contribution < -0.4 is 0 Å². The molecule has 2 rings (SSSR count). The Bertz CT molecular complexity index is 376. The summed E-state index contributed by atoms with van der Waals surface area (Å²) in [7, 11) is 0. The first-order chi connectivity index (χ1) is 7.29. The summed E-state index contributed by atoms with van der Waals surface area (Å²) in [6.07, 6.45) is 9.23. The van der Waals surface area contributed by atoms with Crippen LogP contribution in [0.1, 0.15) is 37.4 Å². The van der Waals surface area contributed by atoms with Gasteiger partial charge in [0.1, 0.15) is 6.10 Å². The summed E-state index contributed by atoms with van der Waals surface area (Å²) < 4.78 is 0. The monoisotopic (exact) mass is 223 g/mol. The van der Waals surface area contributed by atoms with Crippen LogP contribution in [0.5, 0.6) is 0 Å². The van der Waals surface area contributed by atoms with Gasteiger partial charge in [-0.05, 0) is 37.3 Å². The second kappa shape index (κ2) is 4.77. The average Bonchev–Trinajstić information content (AvgIpc) is 2.30. The third-order valence-corrected chi connectivity index (χ3v) is 3.09. The van der Waals surface area contributed by atoms with E-state index in [-0.39, 0.29) is 0 Å². The molecule has 0 saturated carbocycles. The maximum absolute atomic E-state index is 10.1. The molecule has 1 aliphatic rings. The second-order valence-electron chi connectivity index (χ2n) is 3.82. The molecule has 1 atom stereocenters. The van der Waals surface area contributed by atoms with Gasteiger partial charge >= 0.3 is 0 Å². The van der Waals surface area contributed by atoms with Crippen molar-refractivity contribution in [1.82, 2.24) is 4.98 Å². The molecule has 0 fully saturated rings. The van der Waals surface area contributed by atoms with Crippen molar-refractivity contribution in [3.63, 3.8) is 0 Å². The minimum atomic E-state index is -0.555. The van der Waals surface area contributed by atoms with E-state index < -0.39 is 6.10 Å². The standard InChI is InChI=1S/C12H14ClNO/c13-11-8-14-7-6-10(11)12(15)9-4-2-1-3-5-9/h4,6-8,12,15H,1-3,5H2. The lowest BCUT2D eigenvalue weighted by Crippen LogP contribution is -2.05. The third kappa shape index (κ3) is 2.39. The number of hydrogen-bond acceptors (Lipinski definition) is 2. The molecule has 2 nitrogen and oxygen atoms in total. The Morgan fingerprint density at radius 2 is 2.27 bits per heavy atom. The van der Waals surface area contributed by atoms with Crippen LogP contribution in [0, 0.1) is 0 Å². The minimum absolute atomic E-state index is 0.538. The van der Waals surface area contributed by atoms with Crippen LogP contribution in [0.4, 0.5) is 0 Å². The fraction of sp³-hybridized carbons (Fsp3) is 0.417. The summed E-state index contributed by atoms with van der Waals surface area (Å²) in [5, 5.41) is 10.7. The molecule has 1 aromatic heterocycles. The summed E-state index contributed by atoms with van der Waals surface area (Å²) in [4.78, 5) is 3.91. The van der Waals surface area contributed by atoms with Crippen molar-refractivity contribution >= 4 is 11.6 Å². The van der Waals surface area contributed by atoms with Gasteiger partial charge < -0.3 is 5.11 Å². The zero-order valence-corrected chi connectivity index (χ0v) is 9.24. The van der Waals surface area contributed by atoms with Crippen molar-refractivity contribution in [2.75, 3.05) is 0 Å². The first-order valence-electron chi connectivity index (χ1n) is 5.25. The number of aliphatic hydroxyl groups is 1. The molecule has 0 spiro atoms. The van der Waals surface area contributed by atoms with Crippen molar-refractivity contribution in [2.24, 2.45) is 0 Å². The lowest BCUT2D eigenvalue weighted by Gasteiger charge is -2.19. The van der Waals surface area contributed by atoms with Gasteiger partial charge in [0.15, 0.2) is 0 Å². The predicted molar refractivity (Wildman–Crippen MR) is 60.8 cm³/mol. The molecule has 1 N–H and O–H groups in total. The predicted octanol–water partition coefficient (Wildman–Crippen LogP) is 3.27. The van der Waals surface area contributed by atoms with Gasteiger partial charge in [-0.3, -0.25) is 4.98 Å². The van der Waals surface area contributed by atoms with Gasteiger partial charge in [0.25, 0.3) is 0 Å². The van der Waals surface area contributed by atoms with Crippen LogP contribution in [0.15, 0.2) is 30.1 Å². The first-order valence-corrected chi connectivity index (χ1v) is 5.63. The Hall–Kier alpha value is -0.860. The molecule has 1 aliphatic carbocycles. The highest BCUT2D eigenvalue weighted by Gasteiger charge is 2.17. The third-order valence-electron chi connectivity index (χ3n) is 2.78. The molecule has 1 aromatic rings. The molecule has 0 amide bonds. The van der Waals surface area contributed by atoms with Crippen molar-refractivity contribution in [2.45, 2.75) is 31.8 Å². The van der Waals surface area contributed by atoms with Gasteiger partial charge in [-0.2, -0.15) is 0 Å². The number of hydrogen-bond donors (Lipinski definition) is 1. The Kier molecular flexibility index (Phi) is 3.39. The summed E-state index contributed by atoms with van der Waals surface area (Å²) in [6, 6.07) is 1.78. The van der Waals surface area contributed by atoms with E-state index in [2.05, 4.69) is 11.1 Å². The van der Waals surface area contributed by atoms with Gasteiger partial charge in [0, 0.05) is 18.0 Å². The number of aliphatic hydroxyl groups excluding tert-OH is 1. The summed E-state index contributed by atoms with van der Waals surface area (Å²) in [6.45, 7) is 0. The Morgan fingerprint density at radius 1 is 1.40 bits per heavy atom. The second-order valence-corrected chi connectivity index (χ2v) is 4.23. The molecular formula is C12H14ClNO. The number of nitrogens with zero attached hydrogens (tertiary/aromatic N) is 1. The van der Waals surface area contributed by atoms with Crippen LogP contribution in [0.2, 0.25) is 5.02 Å². The van der Waals surface area contributed by atoms with Crippen LogP contribution in [0.3, 0.4) is 0 Å². The van der Waals surface area contributed by atoms with Gasteiger partial charge in [-0.25, -0.2) is 0 Å². The Labute approximate surface area is 94.6 Å². The Morgan fingerprint density at radius 3 is 2.93 bits per heavy atom. The SMILES string of the molecule is OC(C1=CCCCC1)c1ccncc1Cl. The molecule has 1 unspecified atom stereocenters. The molecular weight excluding hydrogens is 210 g/mol. The largest absolute Gasteiger partial charge is 0.384 e. The van der Waals surface area contributed by atoms with E-state index in [0.29, 0.717) is 5.02 Å². The van der Waals surface area contributed by atoms with Gasteiger partial charge in [-0.1, -0.05) is 17.7 Å². The molecule has 0 aromatic carbocycles. The topological polar surface area (TPSA) is 33.1 Å². The number of allylic oxidation sites excluding steroid dienone is 1. The van der Waals surface area contributed by atoms with E-state index in [9.17, 15) is 5.11 Å². The number of halogens is 1. The zero-order chi connectivity index (χ0) is 10.7. The fourth-order valence-corrected chi connectivity index (χ4v) is 2.14. The average molecular weight is 224 g/mol. The number of pyridine rings is 1. The number of rotatable bonds is 2. The highest BCUT2D eigenvalue weighted by molar-refractivity contribution is 6.31. The van der Waals surface area contributed by atoms with Crippen molar-refractivity contribution < 1.29 is 5.11 Å². The van der Waals surface area contributed by atoms with E-state index in [1.165, 1.54) is 6.42 Å². The van der Waals surface area contributed by atoms with E-state index in [4.69, 9.17) is 11.6 Å². The van der Waals surface area contributed by atoms with Crippen LogP contribution in [0.25, 0.3) is 0 Å². The van der Waals surface area contributed by atoms with Crippen molar-refractivity contribution in [1.29, 1.82) is 0 Å². The smallest absolute Gasteiger partial charge is 0.102 e. The molecule has 0 bridgehead atoms. The minimum Gasteiger partial charge on any atom is -0.384 e. The molecule has 3 heteroatoms. The maximum Gasteiger partial charge on any atom is 0.102 e. The van der Waals surface area contributed by atoms with E-state index in [0.717, 1.165) is 30.4 Å². The molecule has 0 aliphatic heterocycles. The lowest BCUT2D eigenvalue weighted by atomic mass is 9.92. The number of aromatic nitrogens is 1. The normalized spacial score (nSPS) is 18.4. The maximum atomic E-state index is 10.1. The van der Waals surface area contributed by atoms with E-state index in [1.807, 2.05) is 0 Å². The zero-order valence-electron chi connectivity index (χ0n) is 8.49. The molecule has 80 valence electrons. The first kappa shape index (κ1) is 10.7. The quantitative estimate of drug-likeness (QED) is 0.781.